The molecule has 14 atom stereocenters. The highest BCUT2D eigenvalue weighted by atomic mass is 35.5. The van der Waals surface area contributed by atoms with Crippen molar-refractivity contribution in [2.45, 2.75) is 169 Å². The number of benzene rings is 6. The van der Waals surface area contributed by atoms with E-state index in [2.05, 4.69) is 21.3 Å². The number of sulfonamides is 1. The molecule has 6 aliphatic heterocycles. The highest BCUT2D eigenvalue weighted by Crippen LogP contribution is 2.58. The molecule has 6 heterocycles. The topological polar surface area (TPSA) is 462 Å². The number of fused-ring (bicyclic) bond motifs is 15. The summed E-state index contributed by atoms with van der Waals surface area (Å²) in [5, 5.41) is 115. The molecule has 4 saturated carbocycles. The monoisotopic (exact) mass is 1660 g/mol. The Morgan fingerprint density at radius 3 is 1.90 bits per heavy atom. The van der Waals surface area contributed by atoms with E-state index in [1.165, 1.54) is 48.5 Å². The first-order valence-corrected chi connectivity index (χ1v) is 41.0. The first-order chi connectivity index (χ1) is 55.1. The number of amides is 5. The number of hydrogen-bond donors (Lipinski definition) is 14. The van der Waals surface area contributed by atoms with E-state index < -0.39 is 213 Å². The van der Waals surface area contributed by atoms with Crippen LogP contribution in [0.3, 0.4) is 0 Å². The fourth-order valence-electron chi connectivity index (χ4n) is 17.5. The van der Waals surface area contributed by atoms with Crippen molar-refractivity contribution >= 4 is 80.1 Å². The van der Waals surface area contributed by atoms with Gasteiger partial charge >= 0.3 is 0 Å². The molecular formula is C83H94Cl2N6O24S. The number of nitrogens with zero attached hydrogens (tertiary/aromatic N) is 1. The molecule has 0 aromatic heterocycles. The van der Waals surface area contributed by atoms with Crippen LogP contribution >= 0.6 is 23.2 Å². The number of rotatable bonds is 19. The van der Waals surface area contributed by atoms with Gasteiger partial charge in [0.2, 0.25) is 41.6 Å². The third-order valence-corrected chi connectivity index (χ3v) is 25.3. The minimum absolute atomic E-state index is 0.0627. The molecule has 16 rings (SSSR count). The molecule has 5 amide bonds. The lowest BCUT2D eigenvalue weighted by Gasteiger charge is -2.54. The molecule has 4 aliphatic carbocycles. The van der Waals surface area contributed by atoms with Gasteiger partial charge in [0.15, 0.2) is 28.8 Å². The normalized spacial score (nSPS) is 28.1. The minimum atomic E-state index is -4.85. The second-order valence-corrected chi connectivity index (χ2v) is 34.6. The smallest absolute Gasteiger partial charge is 0.264 e. The lowest BCUT2D eigenvalue weighted by molar-refractivity contribution is -0.277. The number of phenolic OH excluding ortho intramolecular Hbond substituents is 3. The number of carbonyl (C=O) groups excluding carboxylic acids is 8. The van der Waals surface area contributed by atoms with Gasteiger partial charge in [0.25, 0.3) is 10.0 Å². The van der Waals surface area contributed by atoms with Crippen LogP contribution in [0.5, 0.6) is 51.7 Å². The van der Waals surface area contributed by atoms with Crippen molar-refractivity contribution in [3.8, 4) is 62.9 Å². The summed E-state index contributed by atoms with van der Waals surface area (Å²) in [5.41, 5.74) is -1.77. The van der Waals surface area contributed by atoms with Gasteiger partial charge in [-0.05, 0) is 201 Å². The van der Waals surface area contributed by atoms with Gasteiger partial charge in [-0.15, -0.1) is 0 Å². The van der Waals surface area contributed by atoms with Gasteiger partial charge in [0.1, 0.15) is 102 Å². The van der Waals surface area contributed by atoms with Crippen molar-refractivity contribution < 1.29 is 116 Å². The highest BCUT2D eigenvalue weighted by Gasteiger charge is 2.51. The lowest BCUT2D eigenvalue weighted by atomic mass is 9.51. The summed E-state index contributed by atoms with van der Waals surface area (Å²) in [5.74, 6) is -16.7. The Morgan fingerprint density at radius 2 is 1.29 bits per heavy atom. The Balaban J connectivity index is 0.996. The summed E-state index contributed by atoms with van der Waals surface area (Å²) in [6, 6.07) is 11.6. The second kappa shape index (κ2) is 35.0. The van der Waals surface area contributed by atoms with Crippen molar-refractivity contribution in [2.75, 3.05) is 33.9 Å². The maximum Gasteiger partial charge on any atom is 0.264 e. The zero-order chi connectivity index (χ0) is 83.2. The van der Waals surface area contributed by atoms with Crippen molar-refractivity contribution in [3.63, 3.8) is 0 Å². The summed E-state index contributed by atoms with van der Waals surface area (Å²) >= 11 is 14.3. The molecule has 14 N–H and O–H groups in total. The number of Topliss-reactive ketones (excluding diaryl/α,β-unsaturated/α-hetero) is 3. The summed E-state index contributed by atoms with van der Waals surface area (Å²) in [6.45, 7) is 5.22. The molecular weight excluding hydrogens is 1570 g/mol. The van der Waals surface area contributed by atoms with Crippen LogP contribution in [0.1, 0.15) is 149 Å². The molecule has 116 heavy (non-hydrogen) atoms. The molecule has 1 saturated heterocycles. The molecule has 15 bridgehead atoms. The summed E-state index contributed by atoms with van der Waals surface area (Å²) < 4.78 is 61.7. The number of hydrogen-bond acceptors (Lipinski definition) is 25. The molecule has 620 valence electrons. The maximum absolute atomic E-state index is 16.6. The molecule has 6 aromatic rings. The van der Waals surface area contributed by atoms with Gasteiger partial charge in [-0.25, -0.2) is 13.1 Å². The van der Waals surface area contributed by atoms with E-state index in [9.17, 15) is 64.0 Å². The Bertz CT molecular complexity index is 4880. The third-order valence-electron chi connectivity index (χ3n) is 23.3. The number of ether oxygens (including phenoxy) is 5. The summed E-state index contributed by atoms with van der Waals surface area (Å²) in [7, 11) is -1.21. The largest absolute Gasteiger partial charge is 0.508 e. The molecule has 0 spiro atoms. The highest BCUT2D eigenvalue weighted by molar-refractivity contribution is 7.90. The van der Waals surface area contributed by atoms with Crippen LogP contribution in [-0.2, 0) is 53.1 Å². The average Bonchev–Trinajstić information content (AvgIpc) is 0.757. The van der Waals surface area contributed by atoms with Crippen LogP contribution in [0, 0.1) is 47.3 Å². The van der Waals surface area contributed by atoms with E-state index in [0.29, 0.717) is 24.8 Å². The quantitative estimate of drug-likeness (QED) is 0.0381. The lowest BCUT2D eigenvalue weighted by Crippen LogP contribution is -2.60. The average molecular weight is 1660 g/mol. The zero-order valence-electron chi connectivity index (χ0n) is 64.0. The first kappa shape index (κ1) is 84.4. The number of aliphatic hydroxyl groups excluding tert-OH is 6. The number of aromatic hydroxyl groups is 3. The van der Waals surface area contributed by atoms with E-state index in [-0.39, 0.29) is 104 Å². The third kappa shape index (κ3) is 18.1. The van der Waals surface area contributed by atoms with Crippen molar-refractivity contribution in [3.05, 3.63) is 141 Å². The van der Waals surface area contributed by atoms with Crippen molar-refractivity contribution in [2.24, 2.45) is 47.3 Å². The standard InChI is InChI=1S/C83H94Cl2N6O24S/c1-6-40(19-37(2)3)79(105)88-71-59(96)28-47(31-67(99)90-116(109,110)50-12-10-49(11-13-50)111-18-17-91(4)5)80(106)86-69-46-29-64(112-62-15-8-42(73(71)100)26-55(62)84)78(115-83-77(104)76(103)75(102)66(36-92)114-83)65(30-46)113-63-16-9-43(27-56(63)85)74(101)72-82(108)87-70(61(98)34-51-44-21-38-20-39(23-44)24-45(51)22-38)54-32-48(93)33-58(95)68(54)53-25-41(7-14-57(53)94)52(35-60(69)97)81(107)89-72/h7-16,25-27,29-30,32-33,37-40,44-45,47,51-52,66,69-77,83,92-95,100-104H,6,17-24,28,31,34-36H2,1-5H3,(H,86,106)(H,87,108)(H,88,105)(H,89,107)(H,90,99)/t38?,39?,40-,44?,45?,47+,51?,52-,66-,69-,70+,71+,72+,73-,74-,75-,76+,77-,83+/m1/s1. The zero-order valence-corrected chi connectivity index (χ0v) is 66.3. The number of ketones is 3. The minimum Gasteiger partial charge on any atom is -0.508 e. The number of aliphatic hydroxyl groups is 6. The number of nitrogens with one attached hydrogen (secondary N) is 5. The van der Waals surface area contributed by atoms with E-state index in [4.69, 9.17) is 46.9 Å². The molecule has 30 nitrogen and oxygen atoms in total. The second-order valence-electron chi connectivity index (χ2n) is 32.1. The predicted molar refractivity (Wildman–Crippen MR) is 416 cm³/mol. The fourth-order valence-corrected chi connectivity index (χ4v) is 19.0. The van der Waals surface area contributed by atoms with Crippen molar-refractivity contribution in [1.29, 1.82) is 0 Å². The van der Waals surface area contributed by atoms with Crippen LogP contribution in [0.15, 0.2) is 108 Å². The molecule has 33 heteroatoms. The number of phenols is 3. The van der Waals surface area contributed by atoms with Crippen LogP contribution in [-0.4, -0.2) is 183 Å². The Labute approximate surface area is 678 Å². The molecule has 10 aliphatic rings. The van der Waals surface area contributed by atoms with Gasteiger partial charge in [0.05, 0.1) is 33.4 Å². The van der Waals surface area contributed by atoms with Gasteiger partial charge in [-0.2, -0.15) is 0 Å². The molecule has 0 radical (unpaired) electrons. The van der Waals surface area contributed by atoms with Gasteiger partial charge in [0, 0.05) is 55.3 Å². The van der Waals surface area contributed by atoms with E-state index in [1.54, 1.807) is 6.92 Å². The van der Waals surface area contributed by atoms with Crippen LogP contribution in [0.4, 0.5) is 0 Å². The first-order valence-electron chi connectivity index (χ1n) is 38.7. The summed E-state index contributed by atoms with van der Waals surface area (Å²) in [6.07, 6.45) is -12.4. The molecule has 6 aromatic carbocycles. The maximum atomic E-state index is 16.6. The van der Waals surface area contributed by atoms with Crippen LogP contribution in [0.25, 0.3) is 11.1 Å². The van der Waals surface area contributed by atoms with Crippen molar-refractivity contribution in [1.82, 2.24) is 30.9 Å². The SMILES string of the molecule is CC[C@H](CC(C)C)C(=O)N[C@H]1C(=O)C[C@@H](CC(=O)NS(=O)(=O)c2ccc(OCCN(C)C)cc2)C(=O)N[C@H]2C(=O)C[C@H]3C(=O)N[C@H](C(=O)N[C@H](C(=O)CC4C5CC6CC(C5)CC4C6)c4cc(O)cc(O)c4-c4cc3ccc4O)[C@H](O)c3ccc(c(Cl)c3)Oc3cc2cc(c3O[C@@H]2O[C@H](CO)[C@@H](O)[C@H](O)[C@H]2O)Oc2ccc(cc2Cl)[C@H]1O. The summed E-state index contributed by atoms with van der Waals surface area (Å²) in [4.78, 5) is 126. The Kier molecular flexibility index (Phi) is 25.4. The van der Waals surface area contributed by atoms with E-state index in [1.807, 2.05) is 37.6 Å². The number of carbonyl (C=O) groups is 8. The van der Waals surface area contributed by atoms with Crippen LogP contribution < -0.4 is 44.9 Å². The molecule has 0 unspecified atom stereocenters. The predicted octanol–water partition coefficient (Wildman–Crippen LogP) is 7.19. The Hall–Kier alpha value is -9.51. The number of likely N-dealkylation sites (N-methyl/N-ethyl adjacent to an activating group) is 1. The van der Waals surface area contributed by atoms with E-state index >= 15 is 28.8 Å². The molecule has 5 fully saturated rings. The fraction of sp³-hybridized carbons (Fsp3) is 0.470. The van der Waals surface area contributed by atoms with Gasteiger partial charge in [-0.3, -0.25) is 38.4 Å². The van der Waals surface area contributed by atoms with Gasteiger partial charge < -0.3 is 95.8 Å². The van der Waals surface area contributed by atoms with Gasteiger partial charge in [-0.1, -0.05) is 62.2 Å². The Morgan fingerprint density at radius 1 is 0.664 bits per heavy atom. The van der Waals surface area contributed by atoms with Crippen LogP contribution in [0.2, 0.25) is 10.0 Å². The number of halogens is 2. The van der Waals surface area contributed by atoms with E-state index in [0.717, 1.165) is 86.7 Å².